The zero-order valence-electron chi connectivity index (χ0n) is 17.6. The van der Waals surface area contributed by atoms with Gasteiger partial charge in [-0.05, 0) is 44.8 Å². The molecule has 0 spiro atoms. The fourth-order valence-corrected chi connectivity index (χ4v) is 3.43. The smallest absolute Gasteiger partial charge is 0.191 e. The summed E-state index contributed by atoms with van der Waals surface area (Å²) in [6.45, 7) is 18.1. The molecule has 24 heavy (non-hydrogen) atoms. The second-order valence-electron chi connectivity index (χ2n) is 8.33. The predicted octanol–water partition coefficient (Wildman–Crippen LogP) is 6.53. The molecule has 1 atom stereocenters. The van der Waals surface area contributed by atoms with E-state index in [1.54, 1.807) is 0 Å². The zero-order valence-corrected chi connectivity index (χ0v) is 18.6. The average Bonchev–Trinajstić information content (AvgIpc) is 2.47. The minimum Gasteiger partial charge on any atom is -0.417 e. The van der Waals surface area contributed by atoms with E-state index >= 15 is 0 Å². The first-order valence-corrected chi connectivity index (χ1v) is 13.0. The molecule has 0 bridgehead atoms. The van der Waals surface area contributed by atoms with Crippen LogP contribution in [0.2, 0.25) is 18.1 Å². The van der Waals surface area contributed by atoms with E-state index < -0.39 is 8.32 Å². The van der Waals surface area contributed by atoms with Crippen molar-refractivity contribution in [1.82, 2.24) is 0 Å². The molecule has 0 saturated carbocycles. The average molecular weight is 361 g/mol. The molecule has 3 nitrogen and oxygen atoms in total. The van der Waals surface area contributed by atoms with Crippen LogP contribution in [-0.4, -0.2) is 34.4 Å². The second kappa shape index (κ2) is 13.3. The first-order chi connectivity index (χ1) is 11.2. The van der Waals surface area contributed by atoms with Crippen molar-refractivity contribution in [3.05, 3.63) is 0 Å². The SMILES string of the molecule is CCOC(C)OCCCCCCCCCCO[Si](C)(C)C(C)(C)C. The Labute approximate surface area is 153 Å². The molecule has 146 valence electrons. The maximum Gasteiger partial charge on any atom is 0.191 e. The van der Waals surface area contributed by atoms with Crippen LogP contribution in [0.15, 0.2) is 0 Å². The third kappa shape index (κ3) is 12.5. The summed E-state index contributed by atoms with van der Waals surface area (Å²) < 4.78 is 17.1. The van der Waals surface area contributed by atoms with Crippen LogP contribution in [0.3, 0.4) is 0 Å². The summed E-state index contributed by atoms with van der Waals surface area (Å²) in [4.78, 5) is 0. The Hall–Kier alpha value is 0.0969. The molecule has 0 fully saturated rings. The lowest BCUT2D eigenvalue weighted by Gasteiger charge is -2.36. The number of rotatable bonds is 15. The Morgan fingerprint density at radius 2 is 1.21 bits per heavy atom. The van der Waals surface area contributed by atoms with Crippen LogP contribution in [0.5, 0.6) is 0 Å². The molecule has 4 heteroatoms. The Balaban J connectivity index is 3.32. The number of hydrogen-bond acceptors (Lipinski definition) is 3. The van der Waals surface area contributed by atoms with Crippen LogP contribution in [-0.2, 0) is 13.9 Å². The van der Waals surface area contributed by atoms with Crippen LogP contribution in [0.1, 0.15) is 86.0 Å². The highest BCUT2D eigenvalue weighted by Gasteiger charge is 2.36. The van der Waals surface area contributed by atoms with Crippen molar-refractivity contribution in [1.29, 1.82) is 0 Å². The van der Waals surface area contributed by atoms with Gasteiger partial charge in [0.2, 0.25) is 0 Å². The third-order valence-electron chi connectivity index (χ3n) is 5.06. The van der Waals surface area contributed by atoms with Crippen LogP contribution in [0.25, 0.3) is 0 Å². The topological polar surface area (TPSA) is 27.7 Å². The molecule has 0 heterocycles. The molecule has 0 aliphatic rings. The number of ether oxygens (including phenoxy) is 2. The molecule has 1 unspecified atom stereocenters. The normalized spacial score (nSPS) is 14.1. The Bertz CT molecular complexity index is 287. The summed E-state index contributed by atoms with van der Waals surface area (Å²) in [6.07, 6.45) is 10.3. The van der Waals surface area contributed by atoms with Crippen LogP contribution < -0.4 is 0 Å². The monoisotopic (exact) mass is 360 g/mol. The first-order valence-electron chi connectivity index (χ1n) is 10.1. The molecule has 0 N–H and O–H groups in total. The van der Waals surface area contributed by atoms with Gasteiger partial charge in [0.05, 0.1) is 0 Å². The van der Waals surface area contributed by atoms with Crippen LogP contribution in [0, 0.1) is 0 Å². The van der Waals surface area contributed by atoms with Gasteiger partial charge in [-0.3, -0.25) is 0 Å². The maximum atomic E-state index is 6.22. The van der Waals surface area contributed by atoms with Crippen LogP contribution in [0.4, 0.5) is 0 Å². The number of hydrogen-bond donors (Lipinski definition) is 0. The van der Waals surface area contributed by atoms with Gasteiger partial charge in [-0.25, -0.2) is 0 Å². The Morgan fingerprint density at radius 1 is 0.750 bits per heavy atom. The quantitative estimate of drug-likeness (QED) is 0.189. The summed E-state index contributed by atoms with van der Waals surface area (Å²) in [5.41, 5.74) is 0. The third-order valence-corrected chi connectivity index (χ3v) is 9.60. The van der Waals surface area contributed by atoms with E-state index in [1.165, 1.54) is 44.9 Å². The highest BCUT2D eigenvalue weighted by Crippen LogP contribution is 2.36. The summed E-state index contributed by atoms with van der Waals surface area (Å²) in [6, 6.07) is 0. The van der Waals surface area contributed by atoms with Gasteiger partial charge in [0.25, 0.3) is 0 Å². The second-order valence-corrected chi connectivity index (χ2v) is 13.1. The van der Waals surface area contributed by atoms with Gasteiger partial charge in [0, 0.05) is 19.8 Å². The van der Waals surface area contributed by atoms with Gasteiger partial charge in [-0.2, -0.15) is 0 Å². The fraction of sp³-hybridized carbons (Fsp3) is 1.00. The molecule has 0 amide bonds. The Kier molecular flexibility index (Phi) is 13.4. The fourth-order valence-electron chi connectivity index (χ4n) is 2.34. The van der Waals surface area contributed by atoms with Gasteiger partial charge in [-0.1, -0.05) is 59.3 Å². The first kappa shape index (κ1) is 24.1. The molecule has 0 rings (SSSR count). The van der Waals surface area contributed by atoms with Gasteiger partial charge in [-0.15, -0.1) is 0 Å². The van der Waals surface area contributed by atoms with Gasteiger partial charge >= 0.3 is 0 Å². The minimum atomic E-state index is -1.53. The van der Waals surface area contributed by atoms with Crippen molar-refractivity contribution < 1.29 is 13.9 Å². The van der Waals surface area contributed by atoms with E-state index in [1.807, 2.05) is 13.8 Å². The van der Waals surface area contributed by atoms with Gasteiger partial charge < -0.3 is 13.9 Å². The van der Waals surface area contributed by atoms with Crippen molar-refractivity contribution in [2.24, 2.45) is 0 Å². The van der Waals surface area contributed by atoms with E-state index in [-0.39, 0.29) is 6.29 Å². The molecule has 0 saturated heterocycles. The summed E-state index contributed by atoms with van der Waals surface area (Å²) >= 11 is 0. The molecule has 0 aliphatic heterocycles. The van der Waals surface area contributed by atoms with Crippen molar-refractivity contribution in [3.63, 3.8) is 0 Å². The van der Waals surface area contributed by atoms with E-state index in [2.05, 4.69) is 33.9 Å². The summed E-state index contributed by atoms with van der Waals surface area (Å²) in [5, 5.41) is 0.331. The lowest BCUT2D eigenvalue weighted by molar-refractivity contribution is -0.127. The largest absolute Gasteiger partial charge is 0.417 e. The van der Waals surface area contributed by atoms with E-state index in [4.69, 9.17) is 13.9 Å². The zero-order chi connectivity index (χ0) is 18.5. The number of unbranched alkanes of at least 4 members (excludes halogenated alkanes) is 7. The highest BCUT2D eigenvalue weighted by molar-refractivity contribution is 6.74. The summed E-state index contributed by atoms with van der Waals surface area (Å²) in [5.74, 6) is 0. The Morgan fingerprint density at radius 3 is 1.67 bits per heavy atom. The summed E-state index contributed by atoms with van der Waals surface area (Å²) in [7, 11) is -1.53. The maximum absolute atomic E-state index is 6.22. The van der Waals surface area contributed by atoms with E-state index in [0.29, 0.717) is 5.04 Å². The highest BCUT2D eigenvalue weighted by atomic mass is 28.4. The molecule has 0 aromatic rings. The van der Waals surface area contributed by atoms with Gasteiger partial charge in [0.1, 0.15) is 0 Å². The van der Waals surface area contributed by atoms with Crippen molar-refractivity contribution in [2.45, 2.75) is 110 Å². The standard InChI is InChI=1S/C20H44O3Si/c1-8-21-19(2)22-17-15-13-11-9-10-12-14-16-18-23-24(6,7)20(3,4)5/h19H,8-18H2,1-7H3. The van der Waals surface area contributed by atoms with E-state index in [9.17, 15) is 0 Å². The van der Waals surface area contributed by atoms with Crippen molar-refractivity contribution >= 4 is 8.32 Å². The van der Waals surface area contributed by atoms with Gasteiger partial charge in [0.15, 0.2) is 14.6 Å². The molecule has 0 aromatic heterocycles. The molecular weight excluding hydrogens is 316 g/mol. The minimum absolute atomic E-state index is 0.0523. The van der Waals surface area contributed by atoms with Crippen molar-refractivity contribution in [2.75, 3.05) is 19.8 Å². The molecule has 0 aromatic carbocycles. The van der Waals surface area contributed by atoms with E-state index in [0.717, 1.165) is 26.2 Å². The van der Waals surface area contributed by atoms with Crippen molar-refractivity contribution in [3.8, 4) is 0 Å². The predicted molar refractivity (Wildman–Crippen MR) is 107 cm³/mol. The van der Waals surface area contributed by atoms with Crippen LogP contribution >= 0.6 is 0 Å². The lowest BCUT2D eigenvalue weighted by atomic mass is 10.1. The molecule has 0 aliphatic carbocycles. The lowest BCUT2D eigenvalue weighted by Crippen LogP contribution is -2.40. The molecular formula is C20H44O3Si. The molecule has 0 radical (unpaired) electrons.